The first-order valence-corrected chi connectivity index (χ1v) is 6.40. The molecule has 3 N–H and O–H groups in total. The van der Waals surface area contributed by atoms with E-state index in [1.807, 2.05) is 0 Å². The summed E-state index contributed by atoms with van der Waals surface area (Å²) in [5, 5.41) is 9.84. The van der Waals surface area contributed by atoms with Gasteiger partial charge in [-0.2, -0.15) is 13.2 Å². The lowest BCUT2D eigenvalue weighted by molar-refractivity contribution is -0.141. The van der Waals surface area contributed by atoms with Gasteiger partial charge in [-0.05, 0) is 25.0 Å². The summed E-state index contributed by atoms with van der Waals surface area (Å²) in [6, 6.07) is 2.28. The second-order valence-electron chi connectivity index (χ2n) is 4.85. The molecular weight excluding hydrogens is 257 g/mol. The number of hydrogen-bond acceptors (Lipinski definition) is 4. The van der Waals surface area contributed by atoms with E-state index >= 15 is 0 Å². The molecule has 0 aromatic carbocycles. The number of alkyl halides is 3. The van der Waals surface area contributed by atoms with E-state index < -0.39 is 11.9 Å². The highest BCUT2D eigenvalue weighted by Gasteiger charge is 2.33. The third-order valence-electron chi connectivity index (χ3n) is 3.36. The Morgan fingerprint density at radius 1 is 1.11 bits per heavy atom. The summed E-state index contributed by atoms with van der Waals surface area (Å²) in [5.74, 6) is 0.343. The molecule has 106 valence electrons. The first-order chi connectivity index (χ1) is 8.97. The lowest BCUT2D eigenvalue weighted by Crippen LogP contribution is -2.39. The molecular formula is C12H17F3N4. The Balaban J connectivity index is 2.02. The van der Waals surface area contributed by atoms with Crippen LogP contribution < -0.4 is 11.1 Å². The first-order valence-electron chi connectivity index (χ1n) is 6.40. The Labute approximate surface area is 109 Å². The van der Waals surface area contributed by atoms with Crippen molar-refractivity contribution in [1.82, 2.24) is 10.2 Å². The van der Waals surface area contributed by atoms with Gasteiger partial charge in [-0.3, -0.25) is 0 Å². The van der Waals surface area contributed by atoms with Gasteiger partial charge in [0.1, 0.15) is 5.82 Å². The Kier molecular flexibility index (Phi) is 4.24. The molecule has 2 rings (SSSR count). The normalized spacial score (nSPS) is 24.8. The van der Waals surface area contributed by atoms with Crippen LogP contribution in [0, 0.1) is 0 Å². The van der Waals surface area contributed by atoms with Crippen LogP contribution >= 0.6 is 0 Å². The largest absolute Gasteiger partial charge is 0.435 e. The molecule has 7 heteroatoms. The van der Waals surface area contributed by atoms with Gasteiger partial charge in [-0.25, -0.2) is 0 Å². The molecule has 1 aromatic heterocycles. The zero-order valence-electron chi connectivity index (χ0n) is 10.5. The minimum Gasteiger partial charge on any atom is -0.364 e. The maximum absolute atomic E-state index is 12.4. The molecule has 2 unspecified atom stereocenters. The summed E-state index contributed by atoms with van der Waals surface area (Å²) in [6.45, 7) is 0. The topological polar surface area (TPSA) is 63.8 Å². The van der Waals surface area contributed by atoms with E-state index in [1.54, 1.807) is 0 Å². The van der Waals surface area contributed by atoms with E-state index in [4.69, 9.17) is 5.73 Å². The number of anilines is 1. The highest BCUT2D eigenvalue weighted by Crippen LogP contribution is 2.27. The fraction of sp³-hybridized carbons (Fsp3) is 0.667. The van der Waals surface area contributed by atoms with Gasteiger partial charge in [-0.15, -0.1) is 10.2 Å². The summed E-state index contributed by atoms with van der Waals surface area (Å²) < 4.78 is 37.1. The first kappa shape index (κ1) is 14.0. The van der Waals surface area contributed by atoms with E-state index in [-0.39, 0.29) is 12.1 Å². The maximum Gasteiger partial charge on any atom is 0.435 e. The number of nitrogens with one attached hydrogen (secondary N) is 1. The molecule has 4 nitrogen and oxygen atoms in total. The van der Waals surface area contributed by atoms with Gasteiger partial charge in [0.25, 0.3) is 0 Å². The molecule has 1 aliphatic rings. The van der Waals surface area contributed by atoms with E-state index in [0.717, 1.165) is 38.2 Å². The molecule has 0 amide bonds. The van der Waals surface area contributed by atoms with Crippen LogP contribution in [-0.4, -0.2) is 22.3 Å². The van der Waals surface area contributed by atoms with E-state index in [1.165, 1.54) is 6.07 Å². The summed E-state index contributed by atoms with van der Waals surface area (Å²) in [5.41, 5.74) is 5.05. The van der Waals surface area contributed by atoms with Crippen molar-refractivity contribution in [3.63, 3.8) is 0 Å². The SMILES string of the molecule is NC1CCCCCC1Nc1ccc(C(F)(F)F)nn1. The van der Waals surface area contributed by atoms with Crippen LogP contribution in [0.25, 0.3) is 0 Å². The van der Waals surface area contributed by atoms with Crippen molar-refractivity contribution in [3.05, 3.63) is 17.8 Å². The summed E-state index contributed by atoms with van der Waals surface area (Å²) in [6.07, 6.45) is 0.682. The van der Waals surface area contributed by atoms with E-state index in [0.29, 0.717) is 5.82 Å². The second-order valence-corrected chi connectivity index (χ2v) is 4.85. The predicted molar refractivity (Wildman–Crippen MR) is 65.5 cm³/mol. The van der Waals surface area contributed by atoms with Gasteiger partial charge in [0.05, 0.1) is 0 Å². The quantitative estimate of drug-likeness (QED) is 0.814. The van der Waals surface area contributed by atoms with Gasteiger partial charge >= 0.3 is 6.18 Å². The minimum absolute atomic E-state index is 0.00610. The zero-order valence-corrected chi connectivity index (χ0v) is 10.5. The van der Waals surface area contributed by atoms with Crippen molar-refractivity contribution in [2.45, 2.75) is 50.4 Å². The molecule has 1 saturated carbocycles. The Bertz CT molecular complexity index is 404. The van der Waals surface area contributed by atoms with Crippen molar-refractivity contribution in [2.24, 2.45) is 5.73 Å². The molecule has 1 heterocycles. The standard InChI is InChI=1S/C12H17F3N4/c13-12(14,15)10-6-7-11(19-18-10)17-9-5-3-1-2-4-8(9)16/h6-9H,1-5,16H2,(H,17,19). The number of nitrogens with two attached hydrogens (primary N) is 1. The Morgan fingerprint density at radius 3 is 2.47 bits per heavy atom. The smallest absolute Gasteiger partial charge is 0.364 e. The lowest BCUT2D eigenvalue weighted by atomic mass is 10.0. The van der Waals surface area contributed by atoms with Crippen LogP contribution in [0.5, 0.6) is 0 Å². The summed E-state index contributed by atoms with van der Waals surface area (Å²) in [4.78, 5) is 0. The highest BCUT2D eigenvalue weighted by molar-refractivity contribution is 5.35. The molecule has 0 aliphatic heterocycles. The maximum atomic E-state index is 12.4. The molecule has 1 aromatic rings. The minimum atomic E-state index is -4.45. The monoisotopic (exact) mass is 274 g/mol. The number of aromatic nitrogens is 2. The van der Waals surface area contributed by atoms with E-state index in [9.17, 15) is 13.2 Å². The average molecular weight is 274 g/mol. The van der Waals surface area contributed by atoms with Gasteiger partial charge < -0.3 is 11.1 Å². The molecule has 1 fully saturated rings. The summed E-state index contributed by atoms with van der Waals surface area (Å²) in [7, 11) is 0. The lowest BCUT2D eigenvalue weighted by Gasteiger charge is -2.23. The molecule has 2 atom stereocenters. The van der Waals surface area contributed by atoms with Gasteiger partial charge in [0, 0.05) is 12.1 Å². The molecule has 0 saturated heterocycles. The van der Waals surface area contributed by atoms with Crippen molar-refractivity contribution in [3.8, 4) is 0 Å². The number of hydrogen-bond donors (Lipinski definition) is 2. The van der Waals surface area contributed by atoms with Gasteiger partial charge in [-0.1, -0.05) is 19.3 Å². The van der Waals surface area contributed by atoms with Crippen LogP contribution in [0.3, 0.4) is 0 Å². The summed E-state index contributed by atoms with van der Waals surface area (Å²) >= 11 is 0. The number of rotatable bonds is 2. The second kappa shape index (κ2) is 5.73. The van der Waals surface area contributed by atoms with Crippen molar-refractivity contribution >= 4 is 5.82 Å². The van der Waals surface area contributed by atoms with Crippen LogP contribution in [0.4, 0.5) is 19.0 Å². The fourth-order valence-corrected chi connectivity index (χ4v) is 2.27. The molecule has 1 aliphatic carbocycles. The van der Waals surface area contributed by atoms with Crippen molar-refractivity contribution in [1.29, 1.82) is 0 Å². The molecule has 0 spiro atoms. The van der Waals surface area contributed by atoms with Crippen molar-refractivity contribution in [2.75, 3.05) is 5.32 Å². The Hall–Kier alpha value is -1.37. The third kappa shape index (κ3) is 3.79. The van der Waals surface area contributed by atoms with Crippen LogP contribution in [0.15, 0.2) is 12.1 Å². The Morgan fingerprint density at radius 2 is 1.84 bits per heavy atom. The molecule has 0 radical (unpaired) electrons. The molecule has 0 bridgehead atoms. The van der Waals surface area contributed by atoms with Crippen molar-refractivity contribution < 1.29 is 13.2 Å². The number of halogens is 3. The highest BCUT2D eigenvalue weighted by atomic mass is 19.4. The molecule has 19 heavy (non-hydrogen) atoms. The van der Waals surface area contributed by atoms with Gasteiger partial charge in [0.15, 0.2) is 5.69 Å². The number of nitrogens with zero attached hydrogens (tertiary/aromatic N) is 2. The van der Waals surface area contributed by atoms with Crippen LogP contribution in [0.1, 0.15) is 37.8 Å². The van der Waals surface area contributed by atoms with Crippen LogP contribution in [-0.2, 0) is 6.18 Å². The third-order valence-corrected chi connectivity index (χ3v) is 3.36. The van der Waals surface area contributed by atoms with Crippen LogP contribution in [0.2, 0.25) is 0 Å². The predicted octanol–water partition coefficient (Wildman–Crippen LogP) is 2.57. The average Bonchev–Trinajstić information content (AvgIpc) is 2.55. The fourth-order valence-electron chi connectivity index (χ4n) is 2.27. The van der Waals surface area contributed by atoms with E-state index in [2.05, 4.69) is 15.5 Å². The zero-order chi connectivity index (χ0) is 13.9. The van der Waals surface area contributed by atoms with Gasteiger partial charge in [0.2, 0.25) is 0 Å².